The Labute approximate surface area is 233 Å². The van der Waals surface area contributed by atoms with Gasteiger partial charge in [0.05, 0.1) is 12.7 Å². The van der Waals surface area contributed by atoms with E-state index in [0.29, 0.717) is 5.92 Å². The van der Waals surface area contributed by atoms with Gasteiger partial charge in [-0.1, -0.05) is 144 Å². The number of nitrogens with zero attached hydrogens (tertiary/aromatic N) is 1. The van der Waals surface area contributed by atoms with Gasteiger partial charge in [-0.3, -0.25) is 0 Å². The summed E-state index contributed by atoms with van der Waals surface area (Å²) in [5.41, 5.74) is 6.82. The van der Waals surface area contributed by atoms with E-state index in [1.807, 2.05) is 0 Å². The fourth-order valence-corrected chi connectivity index (χ4v) is 5.34. The van der Waals surface area contributed by atoms with E-state index in [1.165, 1.54) is 85.6 Å². The summed E-state index contributed by atoms with van der Waals surface area (Å²) >= 11 is 0. The molecule has 2 nitrogen and oxygen atoms in total. The molecule has 1 aliphatic carbocycles. The molecule has 0 heterocycles. The van der Waals surface area contributed by atoms with Gasteiger partial charge in [0.1, 0.15) is 0 Å². The second-order valence-corrected chi connectivity index (χ2v) is 11.1. The molecule has 0 saturated heterocycles. The van der Waals surface area contributed by atoms with Crippen molar-refractivity contribution in [2.24, 2.45) is 5.92 Å². The molecule has 0 aromatic heterocycles. The van der Waals surface area contributed by atoms with Gasteiger partial charge in [0.15, 0.2) is 0 Å². The summed E-state index contributed by atoms with van der Waals surface area (Å²) in [4.78, 5) is 2.17. The van der Waals surface area contributed by atoms with Crippen LogP contribution < -0.4 is 0 Å². The maximum absolute atomic E-state index is 6.23. The molecule has 0 spiro atoms. The Hall–Kier alpha value is -2.42. The Balaban J connectivity index is 1.80. The van der Waals surface area contributed by atoms with Gasteiger partial charge < -0.3 is 9.64 Å². The summed E-state index contributed by atoms with van der Waals surface area (Å²) in [6.07, 6.45) is 20.4. The first kappa shape index (κ1) is 30.1. The highest BCUT2D eigenvalue weighted by Crippen LogP contribution is 2.38. The Morgan fingerprint density at radius 3 is 1.92 bits per heavy atom. The van der Waals surface area contributed by atoms with Crippen LogP contribution in [0.25, 0.3) is 11.1 Å². The number of hydrogen-bond donors (Lipinski definition) is 0. The summed E-state index contributed by atoms with van der Waals surface area (Å²) in [5, 5.41) is 0. The molecule has 0 radical (unpaired) electrons. The molecular weight excluding hydrogens is 462 g/mol. The second kappa shape index (κ2) is 17.2. The molecule has 2 unspecified atom stereocenters. The number of hydrogen-bond acceptors (Lipinski definition) is 2. The first-order valence-corrected chi connectivity index (χ1v) is 15.1. The van der Waals surface area contributed by atoms with E-state index in [2.05, 4.69) is 112 Å². The van der Waals surface area contributed by atoms with Crippen molar-refractivity contribution < 1.29 is 4.74 Å². The summed E-state index contributed by atoms with van der Waals surface area (Å²) in [6.45, 7) is 6.28. The van der Waals surface area contributed by atoms with Crippen LogP contribution in [0.15, 0.2) is 84.5 Å². The van der Waals surface area contributed by atoms with Crippen LogP contribution in [0, 0.1) is 5.92 Å². The van der Waals surface area contributed by atoms with Gasteiger partial charge in [-0.05, 0) is 54.8 Å². The van der Waals surface area contributed by atoms with Gasteiger partial charge >= 0.3 is 0 Å². The lowest BCUT2D eigenvalue weighted by atomic mass is 9.82. The maximum Gasteiger partial charge on any atom is 0.0819 e. The van der Waals surface area contributed by atoms with Crippen molar-refractivity contribution >= 4 is 11.1 Å². The van der Waals surface area contributed by atoms with Crippen LogP contribution in [-0.2, 0) is 4.74 Å². The molecule has 0 aliphatic heterocycles. The number of unbranched alkanes of at least 4 members (excludes halogenated alkanes) is 8. The zero-order valence-corrected chi connectivity index (χ0v) is 24.5. The number of benzene rings is 2. The molecule has 38 heavy (non-hydrogen) atoms. The molecule has 2 aromatic carbocycles. The molecule has 0 N–H and O–H groups in total. The quantitative estimate of drug-likeness (QED) is 0.154. The molecule has 0 saturated carbocycles. The molecule has 2 heteroatoms. The van der Waals surface area contributed by atoms with Crippen LogP contribution in [0.5, 0.6) is 0 Å². The highest BCUT2D eigenvalue weighted by Gasteiger charge is 2.22. The van der Waals surface area contributed by atoms with E-state index in [4.69, 9.17) is 4.74 Å². The third-order valence-electron chi connectivity index (χ3n) is 7.58. The Bertz CT molecular complexity index is 1000. The van der Waals surface area contributed by atoms with Crippen molar-refractivity contribution in [3.8, 4) is 0 Å². The van der Waals surface area contributed by atoms with Crippen molar-refractivity contribution in [2.75, 3.05) is 27.2 Å². The van der Waals surface area contributed by atoms with Gasteiger partial charge in [0, 0.05) is 12.5 Å². The first-order valence-electron chi connectivity index (χ1n) is 15.1. The fraction of sp³-hybridized carbons (Fsp3) is 0.500. The Kier molecular flexibility index (Phi) is 13.7. The zero-order valence-electron chi connectivity index (χ0n) is 24.5. The number of ether oxygens (including phenoxy) is 1. The normalized spacial score (nSPS) is 18.0. The van der Waals surface area contributed by atoms with Gasteiger partial charge in [-0.25, -0.2) is 0 Å². The summed E-state index contributed by atoms with van der Waals surface area (Å²) in [6, 6.07) is 22.0. The minimum absolute atomic E-state index is 0.133. The molecule has 206 valence electrons. The third kappa shape index (κ3) is 10.0. The summed E-state index contributed by atoms with van der Waals surface area (Å²) < 4.78 is 6.23. The van der Waals surface area contributed by atoms with E-state index in [9.17, 15) is 0 Å². The van der Waals surface area contributed by atoms with Gasteiger partial charge in [0.2, 0.25) is 0 Å². The molecular formula is C36H51NO. The van der Waals surface area contributed by atoms with Gasteiger partial charge in [-0.15, -0.1) is 0 Å². The van der Waals surface area contributed by atoms with E-state index < -0.39 is 0 Å². The van der Waals surface area contributed by atoms with Crippen LogP contribution in [-0.4, -0.2) is 38.3 Å². The third-order valence-corrected chi connectivity index (χ3v) is 7.58. The monoisotopic (exact) mass is 513 g/mol. The molecule has 0 bridgehead atoms. The van der Waals surface area contributed by atoms with Crippen molar-refractivity contribution in [3.63, 3.8) is 0 Å². The van der Waals surface area contributed by atoms with Crippen LogP contribution in [0.4, 0.5) is 0 Å². The van der Waals surface area contributed by atoms with E-state index in [-0.39, 0.29) is 6.10 Å². The van der Waals surface area contributed by atoms with E-state index in [0.717, 1.165) is 19.6 Å². The smallest absolute Gasteiger partial charge is 0.0819 e. The van der Waals surface area contributed by atoms with Crippen LogP contribution in [0.3, 0.4) is 0 Å². The highest BCUT2D eigenvalue weighted by molar-refractivity contribution is 5.99. The lowest BCUT2D eigenvalue weighted by molar-refractivity contribution is 0.0521. The predicted molar refractivity (Wildman–Crippen MR) is 166 cm³/mol. The number of likely N-dealkylation sites (N-methyl/N-ethyl adjacent to an activating group) is 1. The number of rotatable bonds is 17. The van der Waals surface area contributed by atoms with Gasteiger partial charge in [-0.2, -0.15) is 0 Å². The second-order valence-electron chi connectivity index (χ2n) is 11.1. The van der Waals surface area contributed by atoms with E-state index >= 15 is 0 Å². The van der Waals surface area contributed by atoms with Crippen LogP contribution in [0.1, 0.15) is 89.2 Å². The number of allylic oxidation sites excluding steroid dienone is 4. The zero-order chi connectivity index (χ0) is 27.0. The largest absolute Gasteiger partial charge is 0.372 e. The molecule has 3 rings (SSSR count). The Morgan fingerprint density at radius 1 is 0.763 bits per heavy atom. The van der Waals surface area contributed by atoms with Gasteiger partial charge in [0.25, 0.3) is 0 Å². The van der Waals surface area contributed by atoms with Crippen molar-refractivity contribution in [3.05, 3.63) is 95.6 Å². The summed E-state index contributed by atoms with van der Waals surface area (Å²) in [5.74, 6) is 0.334. The van der Waals surface area contributed by atoms with Crippen LogP contribution in [0.2, 0.25) is 0 Å². The van der Waals surface area contributed by atoms with Crippen molar-refractivity contribution in [1.29, 1.82) is 0 Å². The maximum atomic E-state index is 6.23. The standard InChI is InChI=1S/C36H51NO/c1-5-6-7-8-9-10-11-12-19-24-34(31-20-15-13-16-21-31)36(32-22-17-14-18-23-32)33-25-26-35(30(2)29-33)38-28-27-37(3)4/h13-18,20-23,25-26,29-30,35H,5-12,19,24,27-28H2,1-4H3/b36-34-. The minimum atomic E-state index is 0.133. The summed E-state index contributed by atoms with van der Waals surface area (Å²) in [7, 11) is 4.19. The topological polar surface area (TPSA) is 12.5 Å². The Morgan fingerprint density at radius 2 is 1.34 bits per heavy atom. The SMILES string of the molecule is CCCCCCCCCCC/C(=C(/C1=CC(C)C(OCCN(C)C)C=C1)c1ccccc1)c1ccccc1. The average molecular weight is 514 g/mol. The van der Waals surface area contributed by atoms with Crippen molar-refractivity contribution in [2.45, 2.75) is 84.2 Å². The van der Waals surface area contributed by atoms with Crippen LogP contribution >= 0.6 is 0 Å². The van der Waals surface area contributed by atoms with Crippen molar-refractivity contribution in [1.82, 2.24) is 4.90 Å². The molecule has 0 amide bonds. The minimum Gasteiger partial charge on any atom is -0.372 e. The first-order chi connectivity index (χ1) is 18.6. The predicted octanol–water partition coefficient (Wildman–Crippen LogP) is 9.60. The fourth-order valence-electron chi connectivity index (χ4n) is 5.34. The molecule has 1 aliphatic rings. The molecule has 2 aromatic rings. The lowest BCUT2D eigenvalue weighted by Crippen LogP contribution is -2.26. The molecule has 0 fully saturated rings. The van der Waals surface area contributed by atoms with E-state index in [1.54, 1.807) is 0 Å². The molecule has 2 atom stereocenters. The average Bonchev–Trinajstić information content (AvgIpc) is 2.93. The lowest BCUT2D eigenvalue weighted by Gasteiger charge is -2.26. The highest BCUT2D eigenvalue weighted by atomic mass is 16.5.